The van der Waals surface area contributed by atoms with E-state index in [0.29, 0.717) is 22.9 Å². The van der Waals surface area contributed by atoms with E-state index in [-0.39, 0.29) is 11.9 Å². The molecule has 4 rings (SSSR count). The second kappa shape index (κ2) is 5.74. The van der Waals surface area contributed by atoms with Crippen LogP contribution in [0.2, 0.25) is 0 Å². The molecular weight excluding hydrogens is 344 g/mol. The number of nitrogens with zero attached hydrogens (tertiary/aromatic N) is 1. The van der Waals surface area contributed by atoms with Crippen LogP contribution in [-0.4, -0.2) is 54.6 Å². The van der Waals surface area contributed by atoms with Crippen LogP contribution in [0.15, 0.2) is 24.3 Å². The lowest BCUT2D eigenvalue weighted by Gasteiger charge is -2.35. The van der Waals surface area contributed by atoms with E-state index < -0.39 is 29.3 Å². The molecule has 0 aliphatic carbocycles. The van der Waals surface area contributed by atoms with E-state index in [4.69, 9.17) is 9.47 Å². The molecule has 4 atom stereocenters. The van der Waals surface area contributed by atoms with Gasteiger partial charge in [0.2, 0.25) is 0 Å². The highest BCUT2D eigenvalue weighted by Crippen LogP contribution is 2.58. The summed E-state index contributed by atoms with van der Waals surface area (Å²) < 4.78 is 9.99. The smallest absolute Gasteiger partial charge is 0.312 e. The number of benzene rings is 1. The van der Waals surface area contributed by atoms with Gasteiger partial charge in [-0.25, -0.2) is 0 Å². The number of para-hydroxylation sites is 1. The molecule has 2 saturated heterocycles. The molecule has 1 spiro atoms. The molecule has 25 heavy (non-hydrogen) atoms. The molecule has 7 nitrogen and oxygen atoms in total. The Labute approximate surface area is 149 Å². The first-order valence-corrected chi connectivity index (χ1v) is 9.14. The summed E-state index contributed by atoms with van der Waals surface area (Å²) in [6.07, 6.45) is 0. The molecule has 0 aromatic heterocycles. The maximum absolute atomic E-state index is 13.2. The van der Waals surface area contributed by atoms with Crippen molar-refractivity contribution in [2.75, 3.05) is 31.2 Å². The standard InChI is InChI=1S/C17H18N2O5S/c1-23-14(20)12-11-7-25-8-19(11)17(13(12)15(21)24-2)9-5-3-4-6-10(9)18-16(17)22/h3-6,11-13H,7-8H2,1-2H3,(H,18,22)/t11-,12+,13+,17-/m0/s1. The summed E-state index contributed by atoms with van der Waals surface area (Å²) in [6.45, 7) is 0. The fourth-order valence-electron chi connectivity index (χ4n) is 4.51. The third kappa shape index (κ3) is 1.95. The van der Waals surface area contributed by atoms with E-state index in [0.717, 1.165) is 0 Å². The highest BCUT2D eigenvalue weighted by molar-refractivity contribution is 7.99. The molecule has 0 radical (unpaired) electrons. The van der Waals surface area contributed by atoms with Crippen molar-refractivity contribution in [1.82, 2.24) is 4.90 Å². The molecule has 132 valence electrons. The zero-order valence-corrected chi connectivity index (χ0v) is 14.7. The predicted molar refractivity (Wildman–Crippen MR) is 90.7 cm³/mol. The number of fused-ring (bicyclic) bond motifs is 4. The van der Waals surface area contributed by atoms with Crippen molar-refractivity contribution >= 4 is 35.3 Å². The average Bonchev–Trinajstić information content (AvgIpc) is 3.27. The lowest BCUT2D eigenvalue weighted by atomic mass is 9.75. The number of esters is 2. The van der Waals surface area contributed by atoms with Crippen LogP contribution in [0.5, 0.6) is 0 Å². The number of ether oxygens (including phenoxy) is 2. The molecule has 0 unspecified atom stereocenters. The molecule has 2 fully saturated rings. The molecule has 8 heteroatoms. The number of methoxy groups -OCH3 is 2. The van der Waals surface area contributed by atoms with Gasteiger partial charge in [0.05, 0.1) is 20.1 Å². The average molecular weight is 362 g/mol. The number of anilines is 1. The Morgan fingerprint density at radius 1 is 1.24 bits per heavy atom. The Morgan fingerprint density at radius 2 is 1.96 bits per heavy atom. The summed E-state index contributed by atoms with van der Waals surface area (Å²) >= 11 is 1.64. The van der Waals surface area contributed by atoms with Crippen molar-refractivity contribution in [2.45, 2.75) is 11.6 Å². The predicted octanol–water partition coefficient (Wildman–Crippen LogP) is 0.801. The molecule has 3 aliphatic heterocycles. The van der Waals surface area contributed by atoms with Gasteiger partial charge in [-0.15, -0.1) is 11.8 Å². The second-order valence-corrected chi connectivity index (χ2v) is 7.35. The number of carbonyl (C=O) groups excluding carboxylic acids is 3. The van der Waals surface area contributed by atoms with Gasteiger partial charge >= 0.3 is 11.9 Å². The van der Waals surface area contributed by atoms with Gasteiger partial charge in [-0.2, -0.15) is 0 Å². The molecular formula is C17H18N2O5S. The van der Waals surface area contributed by atoms with Crippen LogP contribution in [-0.2, 0) is 29.4 Å². The normalized spacial score (nSPS) is 33.0. The maximum atomic E-state index is 13.2. The SMILES string of the molecule is COC(=O)[C@@H]1[C@@H]2CSCN2[C@]2(C(=O)Nc3ccccc32)[C@H]1C(=O)OC. The van der Waals surface area contributed by atoms with Gasteiger partial charge in [0.25, 0.3) is 5.91 Å². The molecule has 1 aromatic rings. The molecule has 1 amide bonds. The third-order valence-electron chi connectivity index (χ3n) is 5.46. The number of nitrogens with one attached hydrogen (secondary N) is 1. The summed E-state index contributed by atoms with van der Waals surface area (Å²) in [5, 5.41) is 2.88. The van der Waals surface area contributed by atoms with Crippen molar-refractivity contribution in [3.05, 3.63) is 29.8 Å². The molecule has 0 saturated carbocycles. The van der Waals surface area contributed by atoms with Crippen LogP contribution in [0, 0.1) is 11.8 Å². The zero-order valence-electron chi connectivity index (χ0n) is 13.9. The van der Waals surface area contributed by atoms with E-state index in [9.17, 15) is 14.4 Å². The molecule has 0 bridgehead atoms. The summed E-state index contributed by atoms with van der Waals surface area (Å²) in [6, 6.07) is 7.05. The highest BCUT2D eigenvalue weighted by Gasteiger charge is 2.71. The van der Waals surface area contributed by atoms with Crippen LogP contribution in [0.3, 0.4) is 0 Å². The first kappa shape index (κ1) is 16.4. The Balaban J connectivity index is 1.97. The second-order valence-electron chi connectivity index (χ2n) is 6.35. The Hall–Kier alpha value is -2.06. The van der Waals surface area contributed by atoms with Crippen LogP contribution < -0.4 is 5.32 Å². The number of hydrogen-bond donors (Lipinski definition) is 1. The number of rotatable bonds is 2. The summed E-state index contributed by atoms with van der Waals surface area (Å²) in [5.41, 5.74) is 0.147. The zero-order chi connectivity index (χ0) is 17.8. The Kier molecular flexibility index (Phi) is 3.77. The minimum absolute atomic E-state index is 0.251. The lowest BCUT2D eigenvalue weighted by Crippen LogP contribution is -2.53. The molecule has 3 heterocycles. The fourth-order valence-corrected chi connectivity index (χ4v) is 5.84. The van der Waals surface area contributed by atoms with E-state index in [2.05, 4.69) is 5.32 Å². The number of amides is 1. The topological polar surface area (TPSA) is 84.9 Å². The first-order valence-electron chi connectivity index (χ1n) is 7.98. The van der Waals surface area contributed by atoms with Gasteiger partial charge in [0.15, 0.2) is 0 Å². The molecule has 3 aliphatic rings. The minimum atomic E-state index is -1.24. The van der Waals surface area contributed by atoms with Crippen LogP contribution in [0.1, 0.15) is 5.56 Å². The van der Waals surface area contributed by atoms with Gasteiger partial charge in [0, 0.05) is 28.9 Å². The largest absolute Gasteiger partial charge is 0.469 e. The lowest BCUT2D eigenvalue weighted by molar-refractivity contribution is -0.160. The van der Waals surface area contributed by atoms with Crippen LogP contribution in [0.4, 0.5) is 5.69 Å². The van der Waals surface area contributed by atoms with Crippen molar-refractivity contribution in [3.63, 3.8) is 0 Å². The van der Waals surface area contributed by atoms with Crippen molar-refractivity contribution in [2.24, 2.45) is 11.8 Å². The third-order valence-corrected chi connectivity index (χ3v) is 6.49. The van der Waals surface area contributed by atoms with E-state index in [1.54, 1.807) is 17.8 Å². The summed E-state index contributed by atoms with van der Waals surface area (Å²) in [7, 11) is 2.58. The van der Waals surface area contributed by atoms with Crippen LogP contribution in [0.25, 0.3) is 0 Å². The van der Waals surface area contributed by atoms with Gasteiger partial charge in [-0.1, -0.05) is 18.2 Å². The maximum Gasteiger partial charge on any atom is 0.312 e. The number of hydrogen-bond acceptors (Lipinski definition) is 7. The Bertz CT molecular complexity index is 769. The molecule has 1 aromatic carbocycles. The van der Waals surface area contributed by atoms with Crippen molar-refractivity contribution in [1.29, 1.82) is 0 Å². The monoisotopic (exact) mass is 362 g/mol. The number of carbonyl (C=O) groups is 3. The van der Waals surface area contributed by atoms with Gasteiger partial charge in [-0.05, 0) is 6.07 Å². The van der Waals surface area contributed by atoms with Crippen molar-refractivity contribution < 1.29 is 23.9 Å². The van der Waals surface area contributed by atoms with Gasteiger partial charge < -0.3 is 14.8 Å². The minimum Gasteiger partial charge on any atom is -0.469 e. The highest BCUT2D eigenvalue weighted by atomic mass is 32.2. The fraction of sp³-hybridized carbons (Fsp3) is 0.471. The number of thioether (sulfide) groups is 1. The summed E-state index contributed by atoms with van der Waals surface area (Å²) in [4.78, 5) is 40.4. The van der Waals surface area contributed by atoms with Crippen LogP contribution >= 0.6 is 11.8 Å². The van der Waals surface area contributed by atoms with Gasteiger partial charge in [0.1, 0.15) is 11.5 Å². The molecule has 1 N–H and O–H groups in total. The first-order chi connectivity index (χ1) is 12.1. The van der Waals surface area contributed by atoms with E-state index in [1.165, 1.54) is 14.2 Å². The van der Waals surface area contributed by atoms with Gasteiger partial charge in [-0.3, -0.25) is 19.3 Å². The van der Waals surface area contributed by atoms with E-state index in [1.807, 2.05) is 23.1 Å². The van der Waals surface area contributed by atoms with Crippen molar-refractivity contribution in [3.8, 4) is 0 Å². The Morgan fingerprint density at radius 3 is 2.68 bits per heavy atom. The quantitative estimate of drug-likeness (QED) is 0.779. The summed E-state index contributed by atoms with van der Waals surface area (Å²) in [5.74, 6) is -1.81. The van der Waals surface area contributed by atoms with E-state index >= 15 is 0 Å².